The van der Waals surface area contributed by atoms with E-state index in [0.29, 0.717) is 37.5 Å². The van der Waals surface area contributed by atoms with Gasteiger partial charge in [0, 0.05) is 18.7 Å². The van der Waals surface area contributed by atoms with Crippen LogP contribution in [0.15, 0.2) is 54.6 Å². The predicted octanol–water partition coefficient (Wildman–Crippen LogP) is 3.26. The van der Waals surface area contributed by atoms with E-state index in [9.17, 15) is 15.0 Å². The Morgan fingerprint density at radius 3 is 2.41 bits per heavy atom. The molecule has 0 saturated heterocycles. The largest absolute Gasteiger partial charge is 0.508 e. The first-order chi connectivity index (χ1) is 13.0. The summed E-state index contributed by atoms with van der Waals surface area (Å²) in [6, 6.07) is 16.2. The summed E-state index contributed by atoms with van der Waals surface area (Å²) in [5, 5.41) is 22.8. The lowest BCUT2D eigenvalue weighted by atomic mass is 9.79. The van der Waals surface area contributed by atoms with Crippen molar-refractivity contribution in [3.05, 3.63) is 65.7 Å². The van der Waals surface area contributed by atoms with E-state index in [-0.39, 0.29) is 18.2 Å². The number of hydrogen-bond acceptors (Lipinski definition) is 4. The van der Waals surface area contributed by atoms with E-state index in [1.807, 2.05) is 18.2 Å². The zero-order valence-corrected chi connectivity index (χ0v) is 15.4. The van der Waals surface area contributed by atoms with Gasteiger partial charge in [0.2, 0.25) is 0 Å². The molecule has 1 aliphatic rings. The molecule has 5 nitrogen and oxygen atoms in total. The van der Waals surface area contributed by atoms with Crippen LogP contribution in [0.3, 0.4) is 0 Å². The lowest BCUT2D eigenvalue weighted by molar-refractivity contribution is -0.0238. The number of hydrogen-bond donors (Lipinski definition) is 3. The van der Waals surface area contributed by atoms with E-state index in [2.05, 4.69) is 17.4 Å². The Morgan fingerprint density at radius 2 is 1.74 bits per heavy atom. The van der Waals surface area contributed by atoms with Crippen LogP contribution in [0.25, 0.3) is 0 Å². The molecule has 144 valence electrons. The van der Waals surface area contributed by atoms with E-state index < -0.39 is 5.60 Å². The number of carbonyl (C=O) groups excluding carboxylic acids is 1. The number of aliphatic hydroxyl groups is 1. The standard InChI is InChI=1S/C22H27NO4/c24-20-8-6-19(7-9-20)21(25)23-16-22(26)12-10-18(11-13-22)15-27-14-17-4-2-1-3-5-17/h1-9,18,24,26H,10-16H2,(H,23,25). The van der Waals surface area contributed by atoms with Crippen molar-refractivity contribution in [2.45, 2.75) is 37.9 Å². The van der Waals surface area contributed by atoms with Gasteiger partial charge in [-0.25, -0.2) is 0 Å². The highest BCUT2D eigenvalue weighted by Gasteiger charge is 2.33. The minimum absolute atomic E-state index is 0.123. The van der Waals surface area contributed by atoms with E-state index in [0.717, 1.165) is 12.8 Å². The third-order valence-corrected chi connectivity index (χ3v) is 5.21. The molecule has 0 heterocycles. The number of rotatable bonds is 7. The highest BCUT2D eigenvalue weighted by Crippen LogP contribution is 2.32. The Bertz CT molecular complexity index is 722. The van der Waals surface area contributed by atoms with Crippen LogP contribution in [0.1, 0.15) is 41.6 Å². The van der Waals surface area contributed by atoms with Gasteiger partial charge in [-0.05, 0) is 61.4 Å². The van der Waals surface area contributed by atoms with Crippen molar-refractivity contribution >= 4 is 5.91 Å². The molecule has 0 aromatic heterocycles. The van der Waals surface area contributed by atoms with Crippen LogP contribution in [0.5, 0.6) is 5.75 Å². The second-order valence-corrected chi connectivity index (χ2v) is 7.40. The summed E-state index contributed by atoms with van der Waals surface area (Å²) in [5.41, 5.74) is 0.781. The van der Waals surface area contributed by atoms with Gasteiger partial charge in [0.1, 0.15) is 5.75 Å². The number of phenols is 1. The molecular weight excluding hydrogens is 342 g/mol. The van der Waals surface area contributed by atoms with Crippen LogP contribution in [0.2, 0.25) is 0 Å². The molecule has 27 heavy (non-hydrogen) atoms. The second-order valence-electron chi connectivity index (χ2n) is 7.40. The molecule has 0 aliphatic heterocycles. The van der Waals surface area contributed by atoms with Crippen molar-refractivity contribution in [3.63, 3.8) is 0 Å². The van der Waals surface area contributed by atoms with Crippen LogP contribution in [0, 0.1) is 5.92 Å². The molecular formula is C22H27NO4. The quantitative estimate of drug-likeness (QED) is 0.700. The molecule has 2 aromatic rings. The van der Waals surface area contributed by atoms with Crippen LogP contribution in [-0.4, -0.2) is 34.9 Å². The van der Waals surface area contributed by atoms with Gasteiger partial charge >= 0.3 is 0 Å². The molecule has 0 radical (unpaired) electrons. The van der Waals surface area contributed by atoms with Crippen molar-refractivity contribution in [3.8, 4) is 5.75 Å². The van der Waals surface area contributed by atoms with Crippen molar-refractivity contribution < 1.29 is 19.7 Å². The highest BCUT2D eigenvalue weighted by atomic mass is 16.5. The fraction of sp³-hybridized carbons (Fsp3) is 0.409. The number of aromatic hydroxyl groups is 1. The minimum atomic E-state index is -0.859. The summed E-state index contributed by atoms with van der Waals surface area (Å²) < 4.78 is 5.82. The summed E-state index contributed by atoms with van der Waals surface area (Å²) in [4.78, 5) is 12.2. The summed E-state index contributed by atoms with van der Waals surface area (Å²) in [5.74, 6) is 0.330. The zero-order chi connectivity index (χ0) is 19.1. The van der Waals surface area contributed by atoms with Gasteiger partial charge in [0.15, 0.2) is 0 Å². The van der Waals surface area contributed by atoms with Crippen molar-refractivity contribution in [2.75, 3.05) is 13.2 Å². The molecule has 1 saturated carbocycles. The lowest BCUT2D eigenvalue weighted by Gasteiger charge is -2.36. The number of ether oxygens (including phenoxy) is 1. The van der Waals surface area contributed by atoms with E-state index in [1.165, 1.54) is 17.7 Å². The monoisotopic (exact) mass is 369 g/mol. The number of phenolic OH excluding ortho intramolecular Hbond substituents is 1. The molecule has 0 bridgehead atoms. The molecule has 1 amide bonds. The normalized spacial score (nSPS) is 22.3. The molecule has 5 heteroatoms. The van der Waals surface area contributed by atoms with E-state index in [4.69, 9.17) is 4.74 Å². The Morgan fingerprint density at radius 1 is 1.07 bits per heavy atom. The predicted molar refractivity (Wildman–Crippen MR) is 103 cm³/mol. The summed E-state index contributed by atoms with van der Waals surface area (Å²) in [6.07, 6.45) is 3.09. The zero-order valence-electron chi connectivity index (χ0n) is 15.4. The second kappa shape index (κ2) is 9.02. The summed E-state index contributed by atoms with van der Waals surface area (Å²) in [6.45, 7) is 1.55. The number of benzene rings is 2. The SMILES string of the molecule is O=C(NCC1(O)CCC(COCc2ccccc2)CC1)c1ccc(O)cc1. The van der Waals surface area contributed by atoms with Gasteiger partial charge < -0.3 is 20.3 Å². The minimum Gasteiger partial charge on any atom is -0.508 e. The van der Waals surface area contributed by atoms with Crippen molar-refractivity contribution in [1.82, 2.24) is 5.32 Å². The maximum Gasteiger partial charge on any atom is 0.251 e. The van der Waals surface area contributed by atoms with E-state index >= 15 is 0 Å². The molecule has 3 N–H and O–H groups in total. The maximum absolute atomic E-state index is 12.2. The first kappa shape index (κ1) is 19.4. The molecule has 1 aliphatic carbocycles. The number of amides is 1. The first-order valence-corrected chi connectivity index (χ1v) is 9.45. The van der Waals surface area contributed by atoms with Gasteiger partial charge in [-0.15, -0.1) is 0 Å². The molecule has 0 atom stereocenters. The van der Waals surface area contributed by atoms with Gasteiger partial charge in [-0.2, -0.15) is 0 Å². The molecule has 1 fully saturated rings. The van der Waals surface area contributed by atoms with Crippen LogP contribution >= 0.6 is 0 Å². The molecule has 2 aromatic carbocycles. The lowest BCUT2D eigenvalue weighted by Crippen LogP contribution is -2.45. The van der Waals surface area contributed by atoms with Crippen molar-refractivity contribution in [2.24, 2.45) is 5.92 Å². The fourth-order valence-corrected chi connectivity index (χ4v) is 3.44. The molecule has 3 rings (SSSR count). The summed E-state index contributed by atoms with van der Waals surface area (Å²) in [7, 11) is 0. The van der Waals surface area contributed by atoms with Gasteiger partial charge in [0.05, 0.1) is 12.2 Å². The first-order valence-electron chi connectivity index (χ1n) is 9.45. The van der Waals surface area contributed by atoms with E-state index in [1.54, 1.807) is 12.1 Å². The molecule has 0 unspecified atom stereocenters. The average Bonchev–Trinajstić information content (AvgIpc) is 2.69. The highest BCUT2D eigenvalue weighted by molar-refractivity contribution is 5.94. The fourth-order valence-electron chi connectivity index (χ4n) is 3.44. The Balaban J connectivity index is 1.38. The Hall–Kier alpha value is -2.37. The van der Waals surface area contributed by atoms with Crippen molar-refractivity contribution in [1.29, 1.82) is 0 Å². The topological polar surface area (TPSA) is 78.8 Å². The van der Waals surface area contributed by atoms with Gasteiger partial charge in [-0.1, -0.05) is 30.3 Å². The molecule has 0 spiro atoms. The number of carbonyl (C=O) groups is 1. The van der Waals surface area contributed by atoms with Crippen LogP contribution in [-0.2, 0) is 11.3 Å². The maximum atomic E-state index is 12.2. The van der Waals surface area contributed by atoms with Gasteiger partial charge in [-0.3, -0.25) is 4.79 Å². The summed E-state index contributed by atoms with van der Waals surface area (Å²) >= 11 is 0. The number of nitrogens with one attached hydrogen (secondary N) is 1. The average molecular weight is 369 g/mol. The van der Waals surface area contributed by atoms with Crippen LogP contribution < -0.4 is 5.32 Å². The third kappa shape index (κ3) is 5.81. The Labute approximate surface area is 160 Å². The smallest absolute Gasteiger partial charge is 0.251 e. The third-order valence-electron chi connectivity index (χ3n) is 5.21. The van der Waals surface area contributed by atoms with Gasteiger partial charge in [0.25, 0.3) is 5.91 Å². The van der Waals surface area contributed by atoms with Crippen LogP contribution in [0.4, 0.5) is 0 Å². The Kier molecular flexibility index (Phi) is 6.48.